The Bertz CT molecular complexity index is 859. The molecule has 3 aromatic rings. The van der Waals surface area contributed by atoms with Crippen LogP contribution in [0.4, 0.5) is 11.8 Å². The fourth-order valence-corrected chi connectivity index (χ4v) is 2.77. The van der Waals surface area contributed by atoms with E-state index < -0.39 is 0 Å². The standard InChI is InChI=1S/C16H16ClN5/c1-8-12(7-10-3-5-11(17)6-4-10)9(2)20-15-13(8)14(18)21-16(19)22-15/h3-6H,7H2,1-2H3,(H4,18,19,20,21,22). The molecular weight excluding hydrogens is 298 g/mol. The molecule has 0 aliphatic carbocycles. The third kappa shape index (κ3) is 2.55. The van der Waals surface area contributed by atoms with Gasteiger partial charge < -0.3 is 11.5 Å². The number of hydrogen-bond acceptors (Lipinski definition) is 5. The van der Waals surface area contributed by atoms with Crippen LogP contribution in [-0.2, 0) is 6.42 Å². The minimum Gasteiger partial charge on any atom is -0.383 e. The van der Waals surface area contributed by atoms with E-state index in [0.29, 0.717) is 11.5 Å². The number of hydrogen-bond donors (Lipinski definition) is 2. The van der Waals surface area contributed by atoms with E-state index in [1.54, 1.807) is 0 Å². The Morgan fingerprint density at radius 3 is 2.36 bits per heavy atom. The average molecular weight is 314 g/mol. The van der Waals surface area contributed by atoms with Crippen molar-refractivity contribution in [3.05, 3.63) is 51.7 Å². The normalized spacial score (nSPS) is 11.0. The van der Waals surface area contributed by atoms with E-state index in [1.807, 2.05) is 38.1 Å². The van der Waals surface area contributed by atoms with Crippen LogP contribution in [0.3, 0.4) is 0 Å². The highest BCUT2D eigenvalue weighted by Crippen LogP contribution is 2.27. The Kier molecular flexibility index (Phi) is 3.58. The summed E-state index contributed by atoms with van der Waals surface area (Å²) < 4.78 is 0. The molecule has 22 heavy (non-hydrogen) atoms. The number of benzene rings is 1. The van der Waals surface area contributed by atoms with Crippen LogP contribution < -0.4 is 11.5 Å². The molecular formula is C16H16ClN5. The number of pyridine rings is 1. The maximum Gasteiger partial charge on any atom is 0.224 e. The summed E-state index contributed by atoms with van der Waals surface area (Å²) in [5.74, 6) is 0.506. The number of rotatable bonds is 2. The van der Waals surface area contributed by atoms with E-state index in [4.69, 9.17) is 23.1 Å². The summed E-state index contributed by atoms with van der Waals surface area (Å²) in [5.41, 5.74) is 16.4. The van der Waals surface area contributed by atoms with Gasteiger partial charge in [0.15, 0.2) is 5.65 Å². The first-order valence-electron chi connectivity index (χ1n) is 6.89. The molecule has 0 amide bonds. The first kappa shape index (κ1) is 14.5. The van der Waals surface area contributed by atoms with Crippen LogP contribution in [0, 0.1) is 13.8 Å². The topological polar surface area (TPSA) is 90.7 Å². The van der Waals surface area contributed by atoms with E-state index in [0.717, 1.165) is 39.2 Å². The summed E-state index contributed by atoms with van der Waals surface area (Å²) in [7, 11) is 0. The molecule has 0 unspecified atom stereocenters. The summed E-state index contributed by atoms with van der Waals surface area (Å²) >= 11 is 5.93. The van der Waals surface area contributed by atoms with Crippen LogP contribution in [0.25, 0.3) is 11.0 Å². The Morgan fingerprint density at radius 2 is 1.68 bits per heavy atom. The molecule has 0 spiro atoms. The van der Waals surface area contributed by atoms with Gasteiger partial charge in [-0.25, -0.2) is 4.98 Å². The molecule has 0 saturated heterocycles. The number of aromatic nitrogens is 3. The van der Waals surface area contributed by atoms with Gasteiger partial charge in [0.2, 0.25) is 5.95 Å². The van der Waals surface area contributed by atoms with Gasteiger partial charge in [0.25, 0.3) is 0 Å². The Labute approximate surface area is 133 Å². The van der Waals surface area contributed by atoms with E-state index in [2.05, 4.69) is 15.0 Å². The molecule has 0 fully saturated rings. The first-order valence-corrected chi connectivity index (χ1v) is 7.26. The van der Waals surface area contributed by atoms with Crippen molar-refractivity contribution in [3.8, 4) is 0 Å². The van der Waals surface area contributed by atoms with Gasteiger partial charge in [0, 0.05) is 10.7 Å². The molecule has 0 aliphatic rings. The van der Waals surface area contributed by atoms with Gasteiger partial charge >= 0.3 is 0 Å². The molecule has 2 aromatic heterocycles. The molecule has 4 N–H and O–H groups in total. The lowest BCUT2D eigenvalue weighted by molar-refractivity contribution is 1.06. The molecule has 0 saturated carbocycles. The molecule has 2 heterocycles. The number of nitrogens with zero attached hydrogens (tertiary/aromatic N) is 3. The van der Waals surface area contributed by atoms with Gasteiger partial charge in [-0.2, -0.15) is 9.97 Å². The molecule has 0 aliphatic heterocycles. The van der Waals surface area contributed by atoms with Crippen molar-refractivity contribution in [1.82, 2.24) is 15.0 Å². The predicted octanol–water partition coefficient (Wildman–Crippen LogP) is 3.05. The van der Waals surface area contributed by atoms with Crippen LogP contribution in [0.5, 0.6) is 0 Å². The molecule has 1 aromatic carbocycles. The van der Waals surface area contributed by atoms with Gasteiger partial charge in [0.05, 0.1) is 5.39 Å². The maximum absolute atomic E-state index is 6.00. The molecule has 0 bridgehead atoms. The highest BCUT2D eigenvalue weighted by molar-refractivity contribution is 6.30. The lowest BCUT2D eigenvalue weighted by Gasteiger charge is -2.13. The fraction of sp³-hybridized carbons (Fsp3) is 0.188. The van der Waals surface area contributed by atoms with Crippen molar-refractivity contribution in [2.24, 2.45) is 0 Å². The second-order valence-electron chi connectivity index (χ2n) is 5.27. The second kappa shape index (κ2) is 5.42. The summed E-state index contributed by atoms with van der Waals surface area (Å²) in [4.78, 5) is 12.7. The van der Waals surface area contributed by atoms with Gasteiger partial charge in [-0.05, 0) is 49.1 Å². The van der Waals surface area contributed by atoms with E-state index in [-0.39, 0.29) is 5.95 Å². The van der Waals surface area contributed by atoms with Crippen molar-refractivity contribution in [2.45, 2.75) is 20.3 Å². The van der Waals surface area contributed by atoms with Gasteiger partial charge in [-0.3, -0.25) is 0 Å². The smallest absolute Gasteiger partial charge is 0.224 e. The SMILES string of the molecule is Cc1nc2nc(N)nc(N)c2c(C)c1Cc1ccc(Cl)cc1. The summed E-state index contributed by atoms with van der Waals surface area (Å²) in [6.07, 6.45) is 0.752. The number of aryl methyl sites for hydroxylation is 2. The van der Waals surface area contributed by atoms with E-state index in [1.165, 1.54) is 0 Å². The summed E-state index contributed by atoms with van der Waals surface area (Å²) in [6.45, 7) is 3.98. The highest BCUT2D eigenvalue weighted by Gasteiger charge is 2.14. The zero-order valence-corrected chi connectivity index (χ0v) is 13.1. The molecule has 112 valence electrons. The summed E-state index contributed by atoms with van der Waals surface area (Å²) in [6, 6.07) is 7.78. The van der Waals surface area contributed by atoms with Gasteiger partial charge in [-0.15, -0.1) is 0 Å². The fourth-order valence-electron chi connectivity index (χ4n) is 2.64. The monoisotopic (exact) mass is 313 g/mol. The molecule has 6 heteroatoms. The average Bonchev–Trinajstić information content (AvgIpc) is 2.44. The molecule has 0 radical (unpaired) electrons. The van der Waals surface area contributed by atoms with Crippen LogP contribution >= 0.6 is 11.6 Å². The zero-order chi connectivity index (χ0) is 15.9. The second-order valence-corrected chi connectivity index (χ2v) is 5.71. The van der Waals surface area contributed by atoms with Crippen LogP contribution in [0.1, 0.15) is 22.4 Å². The zero-order valence-electron chi connectivity index (χ0n) is 12.4. The van der Waals surface area contributed by atoms with Gasteiger partial charge in [0.1, 0.15) is 5.82 Å². The largest absolute Gasteiger partial charge is 0.383 e. The van der Waals surface area contributed by atoms with E-state index in [9.17, 15) is 0 Å². The number of nitrogens with two attached hydrogens (primary N) is 2. The van der Waals surface area contributed by atoms with Crippen molar-refractivity contribution >= 4 is 34.4 Å². The molecule has 0 atom stereocenters. The van der Waals surface area contributed by atoms with Crippen LogP contribution in [-0.4, -0.2) is 15.0 Å². The third-order valence-electron chi connectivity index (χ3n) is 3.77. The van der Waals surface area contributed by atoms with Crippen molar-refractivity contribution < 1.29 is 0 Å². The number of anilines is 2. The third-order valence-corrected chi connectivity index (χ3v) is 4.02. The molecule has 5 nitrogen and oxygen atoms in total. The number of fused-ring (bicyclic) bond motifs is 1. The van der Waals surface area contributed by atoms with Crippen molar-refractivity contribution in [1.29, 1.82) is 0 Å². The number of nitrogen functional groups attached to an aromatic ring is 2. The Morgan fingerprint density at radius 1 is 1.00 bits per heavy atom. The first-order chi connectivity index (χ1) is 10.5. The van der Waals surface area contributed by atoms with Crippen LogP contribution in [0.15, 0.2) is 24.3 Å². The highest BCUT2D eigenvalue weighted by atomic mass is 35.5. The maximum atomic E-state index is 6.00. The summed E-state index contributed by atoms with van der Waals surface area (Å²) in [5, 5.41) is 1.49. The Hall–Kier alpha value is -2.40. The minimum absolute atomic E-state index is 0.141. The lowest BCUT2D eigenvalue weighted by atomic mass is 9.97. The van der Waals surface area contributed by atoms with Gasteiger partial charge in [-0.1, -0.05) is 23.7 Å². The number of halogens is 1. The van der Waals surface area contributed by atoms with Crippen molar-refractivity contribution in [3.63, 3.8) is 0 Å². The lowest BCUT2D eigenvalue weighted by Crippen LogP contribution is -2.07. The Balaban J connectivity index is 2.15. The van der Waals surface area contributed by atoms with E-state index >= 15 is 0 Å². The predicted molar refractivity (Wildman–Crippen MR) is 89.9 cm³/mol. The van der Waals surface area contributed by atoms with Crippen LogP contribution in [0.2, 0.25) is 5.02 Å². The quantitative estimate of drug-likeness (QED) is 0.758. The minimum atomic E-state index is 0.141. The molecule has 3 rings (SSSR count). The van der Waals surface area contributed by atoms with Crippen molar-refractivity contribution in [2.75, 3.05) is 11.5 Å².